The Balaban J connectivity index is 1.32. The SMILES string of the molecule is O=C(CCc1ccnc(N2CCCC2)c1)NCCCN1CCOCC1. The third kappa shape index (κ3) is 5.97. The number of hydrogen-bond donors (Lipinski definition) is 1. The molecule has 0 unspecified atom stereocenters. The van der Waals surface area contributed by atoms with E-state index in [0.717, 1.165) is 71.1 Å². The van der Waals surface area contributed by atoms with Gasteiger partial charge in [0.05, 0.1) is 13.2 Å². The van der Waals surface area contributed by atoms with Crippen molar-refractivity contribution in [1.82, 2.24) is 15.2 Å². The normalized spacial score (nSPS) is 18.5. The van der Waals surface area contributed by atoms with Crippen molar-refractivity contribution in [2.24, 2.45) is 0 Å². The molecule has 3 rings (SSSR count). The van der Waals surface area contributed by atoms with Gasteiger partial charge >= 0.3 is 0 Å². The second-order valence-electron chi connectivity index (χ2n) is 6.87. The van der Waals surface area contributed by atoms with Crippen molar-refractivity contribution < 1.29 is 9.53 Å². The number of nitrogens with one attached hydrogen (secondary N) is 1. The maximum atomic E-state index is 12.0. The summed E-state index contributed by atoms with van der Waals surface area (Å²) in [6.07, 6.45) is 6.68. The van der Waals surface area contributed by atoms with Crippen LogP contribution in [0.3, 0.4) is 0 Å². The maximum Gasteiger partial charge on any atom is 0.220 e. The summed E-state index contributed by atoms with van der Waals surface area (Å²) in [4.78, 5) is 21.2. The zero-order valence-corrected chi connectivity index (χ0v) is 15.1. The lowest BCUT2D eigenvalue weighted by Gasteiger charge is -2.26. The van der Waals surface area contributed by atoms with Gasteiger partial charge in [-0.2, -0.15) is 0 Å². The molecule has 0 saturated carbocycles. The van der Waals surface area contributed by atoms with E-state index in [1.807, 2.05) is 12.3 Å². The predicted octanol–water partition coefficient (Wildman–Crippen LogP) is 1.45. The fourth-order valence-corrected chi connectivity index (χ4v) is 3.44. The Labute approximate surface area is 150 Å². The van der Waals surface area contributed by atoms with E-state index >= 15 is 0 Å². The van der Waals surface area contributed by atoms with Gasteiger partial charge in [-0.1, -0.05) is 0 Å². The minimum absolute atomic E-state index is 0.140. The molecular weight excluding hydrogens is 316 g/mol. The van der Waals surface area contributed by atoms with Gasteiger partial charge in [0.2, 0.25) is 5.91 Å². The third-order valence-corrected chi connectivity index (χ3v) is 4.96. The number of aromatic nitrogens is 1. The van der Waals surface area contributed by atoms with Gasteiger partial charge in [-0.3, -0.25) is 9.69 Å². The summed E-state index contributed by atoms with van der Waals surface area (Å²) in [5.74, 6) is 1.20. The highest BCUT2D eigenvalue weighted by Crippen LogP contribution is 2.19. The van der Waals surface area contributed by atoms with Crippen molar-refractivity contribution in [1.29, 1.82) is 0 Å². The van der Waals surface area contributed by atoms with E-state index in [-0.39, 0.29) is 5.91 Å². The van der Waals surface area contributed by atoms with Crippen LogP contribution in [-0.4, -0.2) is 68.3 Å². The molecule has 6 heteroatoms. The van der Waals surface area contributed by atoms with Gasteiger partial charge in [-0.05, 0) is 49.9 Å². The zero-order valence-electron chi connectivity index (χ0n) is 15.1. The first-order valence-electron chi connectivity index (χ1n) is 9.58. The Kier molecular flexibility index (Phi) is 7.06. The quantitative estimate of drug-likeness (QED) is 0.722. The molecule has 0 aliphatic carbocycles. The number of pyridine rings is 1. The van der Waals surface area contributed by atoms with Crippen molar-refractivity contribution in [3.05, 3.63) is 23.9 Å². The van der Waals surface area contributed by atoms with Crippen molar-refractivity contribution in [2.75, 3.05) is 57.4 Å². The number of anilines is 1. The van der Waals surface area contributed by atoms with Crippen LogP contribution in [0.15, 0.2) is 18.3 Å². The molecule has 0 radical (unpaired) electrons. The lowest BCUT2D eigenvalue weighted by atomic mass is 10.1. The van der Waals surface area contributed by atoms with E-state index in [1.54, 1.807) is 0 Å². The molecule has 138 valence electrons. The number of aryl methyl sites for hydroxylation is 1. The molecule has 3 heterocycles. The number of rotatable bonds is 8. The molecule has 6 nitrogen and oxygen atoms in total. The first kappa shape index (κ1) is 18.1. The van der Waals surface area contributed by atoms with Gasteiger partial charge in [0.1, 0.15) is 5.82 Å². The van der Waals surface area contributed by atoms with Crippen LogP contribution in [0.1, 0.15) is 31.2 Å². The number of nitrogens with zero attached hydrogens (tertiary/aromatic N) is 3. The van der Waals surface area contributed by atoms with Gasteiger partial charge < -0.3 is 15.0 Å². The molecule has 1 N–H and O–H groups in total. The van der Waals surface area contributed by atoms with Crippen LogP contribution >= 0.6 is 0 Å². The van der Waals surface area contributed by atoms with Gasteiger partial charge in [0.15, 0.2) is 0 Å². The number of amides is 1. The number of carbonyl (C=O) groups is 1. The smallest absolute Gasteiger partial charge is 0.220 e. The highest BCUT2D eigenvalue weighted by molar-refractivity contribution is 5.76. The second kappa shape index (κ2) is 9.73. The van der Waals surface area contributed by atoms with E-state index in [0.29, 0.717) is 6.42 Å². The van der Waals surface area contributed by atoms with E-state index in [1.165, 1.54) is 18.4 Å². The summed E-state index contributed by atoms with van der Waals surface area (Å²) < 4.78 is 5.34. The second-order valence-corrected chi connectivity index (χ2v) is 6.87. The minimum atomic E-state index is 0.140. The van der Waals surface area contributed by atoms with Gasteiger partial charge in [-0.15, -0.1) is 0 Å². The number of carbonyl (C=O) groups excluding carboxylic acids is 1. The van der Waals surface area contributed by atoms with Crippen molar-refractivity contribution in [3.63, 3.8) is 0 Å². The molecule has 25 heavy (non-hydrogen) atoms. The fraction of sp³-hybridized carbons (Fsp3) is 0.684. The Morgan fingerprint density at radius 1 is 1.20 bits per heavy atom. The molecule has 2 aliphatic rings. The van der Waals surface area contributed by atoms with Gasteiger partial charge in [0, 0.05) is 45.3 Å². The molecule has 2 aliphatic heterocycles. The summed E-state index contributed by atoms with van der Waals surface area (Å²) in [5.41, 5.74) is 1.19. The molecule has 0 spiro atoms. The molecule has 2 saturated heterocycles. The standard InChI is InChI=1S/C19H30N4O2/c24-19(21-7-3-9-22-12-14-25-15-13-22)5-4-17-6-8-20-18(16-17)23-10-1-2-11-23/h6,8,16H,1-5,7,9-15H2,(H,21,24). The average molecular weight is 346 g/mol. The van der Waals surface area contributed by atoms with Crippen LogP contribution in [0.5, 0.6) is 0 Å². The predicted molar refractivity (Wildman–Crippen MR) is 98.9 cm³/mol. The molecule has 2 fully saturated rings. The molecule has 0 aromatic carbocycles. The van der Waals surface area contributed by atoms with Crippen molar-refractivity contribution in [3.8, 4) is 0 Å². The summed E-state index contributed by atoms with van der Waals surface area (Å²) in [6, 6.07) is 4.16. The third-order valence-electron chi connectivity index (χ3n) is 4.96. The summed E-state index contributed by atoms with van der Waals surface area (Å²) in [7, 11) is 0. The van der Waals surface area contributed by atoms with Gasteiger partial charge in [-0.25, -0.2) is 4.98 Å². The van der Waals surface area contributed by atoms with E-state index in [2.05, 4.69) is 26.2 Å². The van der Waals surface area contributed by atoms with E-state index < -0.39 is 0 Å². The molecular formula is C19H30N4O2. The zero-order chi connectivity index (χ0) is 17.3. The maximum absolute atomic E-state index is 12.0. The van der Waals surface area contributed by atoms with Crippen LogP contribution in [0.2, 0.25) is 0 Å². The number of hydrogen-bond acceptors (Lipinski definition) is 5. The monoisotopic (exact) mass is 346 g/mol. The molecule has 1 amide bonds. The Bertz CT molecular complexity index is 540. The Morgan fingerprint density at radius 2 is 2.00 bits per heavy atom. The van der Waals surface area contributed by atoms with Crippen LogP contribution < -0.4 is 10.2 Å². The molecule has 0 bridgehead atoms. The first-order chi connectivity index (χ1) is 12.3. The van der Waals surface area contributed by atoms with Gasteiger partial charge in [0.25, 0.3) is 0 Å². The summed E-state index contributed by atoms with van der Waals surface area (Å²) >= 11 is 0. The topological polar surface area (TPSA) is 57.7 Å². The lowest BCUT2D eigenvalue weighted by molar-refractivity contribution is -0.121. The van der Waals surface area contributed by atoms with Crippen LogP contribution in [0.25, 0.3) is 0 Å². The minimum Gasteiger partial charge on any atom is -0.379 e. The number of ether oxygens (including phenoxy) is 1. The Hall–Kier alpha value is -1.66. The van der Waals surface area contributed by atoms with Crippen molar-refractivity contribution in [2.45, 2.75) is 32.1 Å². The average Bonchev–Trinajstić information content (AvgIpc) is 3.19. The number of morpholine rings is 1. The highest BCUT2D eigenvalue weighted by atomic mass is 16.5. The van der Waals surface area contributed by atoms with Crippen LogP contribution in [0, 0.1) is 0 Å². The van der Waals surface area contributed by atoms with E-state index in [4.69, 9.17) is 4.74 Å². The molecule has 1 aromatic rings. The molecule has 1 aromatic heterocycles. The fourth-order valence-electron chi connectivity index (χ4n) is 3.44. The summed E-state index contributed by atoms with van der Waals surface area (Å²) in [5, 5.41) is 3.04. The largest absolute Gasteiger partial charge is 0.379 e. The van der Waals surface area contributed by atoms with Crippen molar-refractivity contribution >= 4 is 11.7 Å². The summed E-state index contributed by atoms with van der Waals surface area (Å²) in [6.45, 7) is 7.67. The lowest BCUT2D eigenvalue weighted by Crippen LogP contribution is -2.38. The Morgan fingerprint density at radius 3 is 2.80 bits per heavy atom. The molecule has 0 atom stereocenters. The van der Waals surface area contributed by atoms with Crippen LogP contribution in [0.4, 0.5) is 5.82 Å². The first-order valence-corrected chi connectivity index (χ1v) is 9.58. The van der Waals surface area contributed by atoms with Crippen LogP contribution in [-0.2, 0) is 16.0 Å². The van der Waals surface area contributed by atoms with E-state index in [9.17, 15) is 4.79 Å². The highest BCUT2D eigenvalue weighted by Gasteiger charge is 2.14.